The van der Waals surface area contributed by atoms with Gasteiger partial charge in [-0.15, -0.1) is 0 Å². The first-order valence-electron chi connectivity index (χ1n) is 9.82. The topological polar surface area (TPSA) is 56.8 Å². The number of ether oxygens (including phenoxy) is 3. The van der Waals surface area contributed by atoms with Crippen molar-refractivity contribution in [3.05, 3.63) is 52.5 Å². The van der Waals surface area contributed by atoms with Gasteiger partial charge in [0.15, 0.2) is 11.5 Å². The van der Waals surface area contributed by atoms with E-state index < -0.39 is 5.41 Å². The number of carbonyl (C=O) groups excluding carboxylic acids is 1. The van der Waals surface area contributed by atoms with Gasteiger partial charge in [0, 0.05) is 5.02 Å². The molecule has 0 saturated heterocycles. The maximum absolute atomic E-state index is 13.5. The van der Waals surface area contributed by atoms with Crippen molar-refractivity contribution in [1.82, 2.24) is 5.32 Å². The van der Waals surface area contributed by atoms with Crippen LogP contribution in [-0.2, 0) is 10.2 Å². The van der Waals surface area contributed by atoms with Crippen molar-refractivity contribution in [2.24, 2.45) is 0 Å². The molecule has 0 radical (unpaired) electrons. The van der Waals surface area contributed by atoms with Crippen LogP contribution in [0.15, 0.2) is 36.4 Å². The van der Waals surface area contributed by atoms with Crippen LogP contribution in [0, 0.1) is 0 Å². The quantitative estimate of drug-likeness (QED) is 0.684. The third kappa shape index (κ3) is 4.15. The normalized spacial score (nSPS) is 16.2. The average molecular weight is 418 g/mol. The molecule has 0 bridgehead atoms. The summed E-state index contributed by atoms with van der Waals surface area (Å²) in [5, 5.41) is 3.86. The number of hydrogen-bond donors (Lipinski definition) is 1. The minimum Gasteiger partial charge on any atom is -0.493 e. The lowest BCUT2D eigenvalue weighted by Gasteiger charge is -2.30. The van der Waals surface area contributed by atoms with E-state index >= 15 is 0 Å². The lowest BCUT2D eigenvalue weighted by Crippen LogP contribution is -2.43. The van der Waals surface area contributed by atoms with Crippen LogP contribution in [0.2, 0.25) is 5.02 Å². The Balaban J connectivity index is 1.89. The van der Waals surface area contributed by atoms with Crippen LogP contribution < -0.4 is 19.5 Å². The van der Waals surface area contributed by atoms with E-state index in [1.165, 1.54) is 0 Å². The molecule has 156 valence electrons. The Hall–Kier alpha value is -2.40. The fourth-order valence-corrected chi connectivity index (χ4v) is 4.37. The molecule has 5 nitrogen and oxygen atoms in total. The maximum atomic E-state index is 13.5. The van der Waals surface area contributed by atoms with Crippen LogP contribution in [0.4, 0.5) is 0 Å². The van der Waals surface area contributed by atoms with Gasteiger partial charge in [-0.1, -0.05) is 36.6 Å². The summed E-state index contributed by atoms with van der Waals surface area (Å²) in [6, 6.07) is 11.2. The number of amides is 1. The minimum absolute atomic E-state index is 0.0264. The van der Waals surface area contributed by atoms with Crippen molar-refractivity contribution in [2.45, 2.75) is 44.1 Å². The number of methoxy groups -OCH3 is 3. The molecule has 2 aromatic rings. The van der Waals surface area contributed by atoms with Crippen LogP contribution in [-0.4, -0.2) is 27.2 Å². The van der Waals surface area contributed by atoms with Crippen molar-refractivity contribution in [1.29, 1.82) is 0 Å². The Morgan fingerprint density at radius 2 is 1.66 bits per heavy atom. The van der Waals surface area contributed by atoms with Crippen molar-refractivity contribution in [2.75, 3.05) is 21.3 Å². The minimum atomic E-state index is -0.542. The van der Waals surface area contributed by atoms with Crippen LogP contribution >= 0.6 is 11.6 Å². The van der Waals surface area contributed by atoms with E-state index in [9.17, 15) is 4.79 Å². The highest BCUT2D eigenvalue weighted by Gasteiger charge is 2.43. The van der Waals surface area contributed by atoms with E-state index in [2.05, 4.69) is 5.32 Å². The fourth-order valence-electron chi connectivity index (χ4n) is 4.18. The van der Waals surface area contributed by atoms with Gasteiger partial charge in [0.25, 0.3) is 0 Å². The number of rotatable bonds is 7. The summed E-state index contributed by atoms with van der Waals surface area (Å²) < 4.78 is 16.3. The third-order valence-corrected chi connectivity index (χ3v) is 6.04. The smallest absolute Gasteiger partial charge is 0.231 e. The molecule has 6 heteroatoms. The van der Waals surface area contributed by atoms with Gasteiger partial charge >= 0.3 is 0 Å². The third-order valence-electron chi connectivity index (χ3n) is 5.80. The second kappa shape index (κ2) is 8.95. The summed E-state index contributed by atoms with van der Waals surface area (Å²) in [6.45, 7) is 1.96. The van der Waals surface area contributed by atoms with Gasteiger partial charge in [-0.3, -0.25) is 4.79 Å². The van der Waals surface area contributed by atoms with Gasteiger partial charge in [-0.2, -0.15) is 0 Å². The SMILES string of the molecule is COc1cc(C(C)NC(=O)C2(c3cccc(Cl)c3)CCCC2)cc(OC)c1OC. The highest BCUT2D eigenvalue weighted by molar-refractivity contribution is 6.30. The van der Waals surface area contributed by atoms with E-state index in [1.54, 1.807) is 21.3 Å². The molecular weight excluding hydrogens is 390 g/mol. The summed E-state index contributed by atoms with van der Waals surface area (Å²) in [5.74, 6) is 1.68. The highest BCUT2D eigenvalue weighted by Crippen LogP contribution is 2.43. The van der Waals surface area contributed by atoms with E-state index in [1.807, 2.05) is 43.3 Å². The maximum Gasteiger partial charge on any atom is 0.231 e. The van der Waals surface area contributed by atoms with Crippen molar-refractivity contribution >= 4 is 17.5 Å². The molecule has 3 rings (SSSR count). The van der Waals surface area contributed by atoms with Crippen LogP contribution in [0.25, 0.3) is 0 Å². The Morgan fingerprint density at radius 1 is 1.03 bits per heavy atom. The van der Waals surface area contributed by atoms with Crippen molar-refractivity contribution in [3.63, 3.8) is 0 Å². The number of halogens is 1. The molecule has 1 fully saturated rings. The van der Waals surface area contributed by atoms with Gasteiger partial charge < -0.3 is 19.5 Å². The molecule has 1 N–H and O–H groups in total. The van der Waals surface area contributed by atoms with E-state index in [0.717, 1.165) is 36.8 Å². The first-order valence-corrected chi connectivity index (χ1v) is 10.2. The summed E-state index contributed by atoms with van der Waals surface area (Å²) in [4.78, 5) is 13.5. The van der Waals surface area contributed by atoms with Gasteiger partial charge in [-0.25, -0.2) is 0 Å². The van der Waals surface area contributed by atoms with Crippen LogP contribution in [0.1, 0.15) is 49.8 Å². The summed E-state index contributed by atoms with van der Waals surface area (Å²) in [5.41, 5.74) is 1.32. The van der Waals surface area contributed by atoms with E-state index in [4.69, 9.17) is 25.8 Å². The number of nitrogens with one attached hydrogen (secondary N) is 1. The van der Waals surface area contributed by atoms with Crippen LogP contribution in [0.5, 0.6) is 17.2 Å². The molecule has 29 heavy (non-hydrogen) atoms. The summed E-state index contributed by atoms with van der Waals surface area (Å²) in [7, 11) is 4.73. The molecule has 0 aromatic heterocycles. The molecule has 1 amide bonds. The summed E-state index contributed by atoms with van der Waals surface area (Å²) >= 11 is 6.22. The van der Waals surface area contributed by atoms with Crippen LogP contribution in [0.3, 0.4) is 0 Å². The Kier molecular flexibility index (Phi) is 6.58. The largest absolute Gasteiger partial charge is 0.493 e. The molecule has 0 heterocycles. The van der Waals surface area contributed by atoms with Gasteiger partial charge in [0.1, 0.15) is 0 Å². The Bertz CT molecular complexity index is 852. The van der Waals surface area contributed by atoms with E-state index in [0.29, 0.717) is 22.3 Å². The predicted octanol–water partition coefficient (Wildman–Crippen LogP) is 5.06. The van der Waals surface area contributed by atoms with E-state index in [-0.39, 0.29) is 11.9 Å². The van der Waals surface area contributed by atoms with Gasteiger partial charge in [-0.05, 0) is 55.2 Å². The first-order chi connectivity index (χ1) is 13.9. The second-order valence-corrected chi connectivity index (χ2v) is 7.89. The number of benzene rings is 2. The van der Waals surface area contributed by atoms with Crippen molar-refractivity contribution < 1.29 is 19.0 Å². The molecule has 1 atom stereocenters. The lowest BCUT2D eigenvalue weighted by molar-refractivity contribution is -0.127. The molecule has 1 saturated carbocycles. The number of hydrogen-bond acceptors (Lipinski definition) is 4. The lowest BCUT2D eigenvalue weighted by atomic mass is 9.77. The average Bonchev–Trinajstić information content (AvgIpc) is 3.23. The molecule has 0 aliphatic heterocycles. The monoisotopic (exact) mass is 417 g/mol. The molecule has 1 aliphatic rings. The molecular formula is C23H28ClNO4. The standard InChI is InChI=1S/C23H28ClNO4/c1-15(16-12-19(27-2)21(29-4)20(13-16)28-3)25-22(26)23(10-5-6-11-23)17-8-7-9-18(24)14-17/h7-9,12-15H,5-6,10-11H2,1-4H3,(H,25,26). The summed E-state index contributed by atoms with van der Waals surface area (Å²) in [6.07, 6.45) is 3.69. The highest BCUT2D eigenvalue weighted by atomic mass is 35.5. The first kappa shape index (κ1) is 21.3. The zero-order valence-electron chi connectivity index (χ0n) is 17.4. The fraction of sp³-hybridized carbons (Fsp3) is 0.435. The van der Waals surface area contributed by atoms with Gasteiger partial charge in [0.05, 0.1) is 32.8 Å². The predicted molar refractivity (Wildman–Crippen MR) is 114 cm³/mol. The zero-order chi connectivity index (χ0) is 21.0. The second-order valence-electron chi connectivity index (χ2n) is 7.45. The molecule has 2 aromatic carbocycles. The van der Waals surface area contributed by atoms with Crippen molar-refractivity contribution in [3.8, 4) is 17.2 Å². The molecule has 0 spiro atoms. The Morgan fingerprint density at radius 3 is 2.17 bits per heavy atom. The molecule has 1 unspecified atom stereocenters. The molecule has 1 aliphatic carbocycles. The Labute approximate surface area is 177 Å². The van der Waals surface area contributed by atoms with Gasteiger partial charge in [0.2, 0.25) is 11.7 Å². The zero-order valence-corrected chi connectivity index (χ0v) is 18.1. The number of carbonyl (C=O) groups is 1.